The molecular weight excluding hydrogens is 218 g/mol. The fourth-order valence-corrected chi connectivity index (χ4v) is 3.12. The van der Waals surface area contributed by atoms with Crippen molar-refractivity contribution in [3.63, 3.8) is 0 Å². The first-order valence-corrected chi connectivity index (χ1v) is 5.85. The van der Waals surface area contributed by atoms with Crippen LogP contribution >= 0.6 is 11.8 Å². The predicted octanol–water partition coefficient (Wildman–Crippen LogP) is 0.352. The molecule has 86 valence electrons. The zero-order valence-corrected chi connectivity index (χ0v) is 9.37. The maximum atomic E-state index is 10.6. The summed E-state index contributed by atoms with van der Waals surface area (Å²) >= 11 is 1.76. The van der Waals surface area contributed by atoms with E-state index in [1.165, 1.54) is 4.90 Å². The Morgan fingerprint density at radius 2 is 1.87 bits per heavy atom. The smallest absolute Gasteiger partial charge is 0.317 e. The Bertz CT molecular complexity index is 242. The minimum Gasteiger partial charge on any atom is -0.480 e. The summed E-state index contributed by atoms with van der Waals surface area (Å²) in [5.74, 6) is -0.970. The number of thioether (sulfide) groups is 1. The van der Waals surface area contributed by atoms with Gasteiger partial charge >= 0.3 is 11.9 Å². The number of carboxylic acids is 2. The third kappa shape index (κ3) is 3.71. The first kappa shape index (κ1) is 12.3. The van der Waals surface area contributed by atoms with E-state index in [4.69, 9.17) is 10.2 Å². The van der Waals surface area contributed by atoms with E-state index in [0.717, 1.165) is 12.2 Å². The number of nitrogens with zero attached hydrogens (tertiary/aromatic N) is 1. The van der Waals surface area contributed by atoms with Crippen molar-refractivity contribution in [3.8, 4) is 0 Å². The highest BCUT2D eigenvalue weighted by molar-refractivity contribution is 8.00. The van der Waals surface area contributed by atoms with Crippen molar-refractivity contribution in [2.75, 3.05) is 18.8 Å². The number of rotatable bonds is 5. The summed E-state index contributed by atoms with van der Waals surface area (Å²) < 4.78 is 0. The molecule has 6 heteroatoms. The predicted molar refractivity (Wildman–Crippen MR) is 57.2 cm³/mol. The molecule has 0 aliphatic carbocycles. The Kier molecular flexibility index (Phi) is 4.41. The fourth-order valence-electron chi connectivity index (χ4n) is 1.84. The molecule has 2 atom stereocenters. The van der Waals surface area contributed by atoms with Gasteiger partial charge in [0.2, 0.25) is 0 Å². The van der Waals surface area contributed by atoms with Crippen LogP contribution < -0.4 is 0 Å². The van der Waals surface area contributed by atoms with Crippen molar-refractivity contribution < 1.29 is 19.8 Å². The molecule has 0 saturated carbocycles. The van der Waals surface area contributed by atoms with Gasteiger partial charge in [-0.05, 0) is 12.2 Å². The zero-order chi connectivity index (χ0) is 11.4. The highest BCUT2D eigenvalue weighted by Gasteiger charge is 2.31. The summed E-state index contributed by atoms with van der Waals surface area (Å²) in [6.45, 7) is 1.63. The second-order valence-corrected chi connectivity index (χ2v) is 5.11. The van der Waals surface area contributed by atoms with E-state index in [-0.39, 0.29) is 19.1 Å². The van der Waals surface area contributed by atoms with Crippen molar-refractivity contribution in [2.24, 2.45) is 0 Å². The van der Waals surface area contributed by atoms with E-state index in [9.17, 15) is 9.59 Å². The highest BCUT2D eigenvalue weighted by Crippen LogP contribution is 2.29. The molecule has 5 nitrogen and oxygen atoms in total. The van der Waals surface area contributed by atoms with E-state index in [0.29, 0.717) is 5.25 Å². The van der Waals surface area contributed by atoms with Gasteiger partial charge in [0, 0.05) is 11.3 Å². The molecule has 1 fully saturated rings. The number of carbonyl (C=O) groups is 2. The quantitative estimate of drug-likeness (QED) is 0.713. The van der Waals surface area contributed by atoms with Crippen LogP contribution in [0, 0.1) is 0 Å². The second kappa shape index (κ2) is 5.37. The molecule has 2 unspecified atom stereocenters. The van der Waals surface area contributed by atoms with Crippen molar-refractivity contribution in [1.29, 1.82) is 0 Å². The van der Waals surface area contributed by atoms with Crippen LogP contribution in [0.25, 0.3) is 0 Å². The highest BCUT2D eigenvalue weighted by atomic mass is 32.2. The van der Waals surface area contributed by atoms with Gasteiger partial charge in [0.25, 0.3) is 0 Å². The van der Waals surface area contributed by atoms with Gasteiger partial charge in [-0.1, -0.05) is 6.92 Å². The molecule has 0 amide bonds. The molecule has 0 bridgehead atoms. The molecule has 2 N–H and O–H groups in total. The third-order valence-electron chi connectivity index (χ3n) is 2.48. The summed E-state index contributed by atoms with van der Waals surface area (Å²) in [5, 5.41) is 17.7. The number of aliphatic carboxylic acids is 2. The van der Waals surface area contributed by atoms with Crippen LogP contribution in [0.2, 0.25) is 0 Å². The van der Waals surface area contributed by atoms with Crippen LogP contribution in [0.15, 0.2) is 0 Å². The van der Waals surface area contributed by atoms with Crippen LogP contribution in [0.1, 0.15) is 13.3 Å². The summed E-state index contributed by atoms with van der Waals surface area (Å²) in [6, 6.07) is 0.0715. The molecule has 0 aromatic rings. The topological polar surface area (TPSA) is 77.8 Å². The second-order valence-electron chi connectivity index (χ2n) is 3.62. The molecule has 1 aliphatic rings. The molecule has 1 rings (SSSR count). The maximum Gasteiger partial charge on any atom is 0.317 e. The first-order chi connectivity index (χ1) is 7.00. The SMILES string of the molecule is CC1SCCC1N(CC(=O)O)CC(=O)O. The molecule has 0 spiro atoms. The van der Waals surface area contributed by atoms with Gasteiger partial charge in [-0.25, -0.2) is 0 Å². The van der Waals surface area contributed by atoms with Crippen molar-refractivity contribution >= 4 is 23.7 Å². The maximum absolute atomic E-state index is 10.6. The van der Waals surface area contributed by atoms with Gasteiger partial charge < -0.3 is 10.2 Å². The lowest BCUT2D eigenvalue weighted by Gasteiger charge is -2.27. The van der Waals surface area contributed by atoms with Gasteiger partial charge in [0.05, 0.1) is 13.1 Å². The van der Waals surface area contributed by atoms with Gasteiger partial charge in [-0.2, -0.15) is 11.8 Å². The van der Waals surface area contributed by atoms with Crippen LogP contribution in [0.5, 0.6) is 0 Å². The van der Waals surface area contributed by atoms with E-state index in [2.05, 4.69) is 0 Å². The molecule has 1 heterocycles. The average Bonchev–Trinajstić information content (AvgIpc) is 2.48. The monoisotopic (exact) mass is 233 g/mol. The molecule has 1 saturated heterocycles. The van der Waals surface area contributed by atoms with Crippen LogP contribution in [-0.4, -0.2) is 57.2 Å². The van der Waals surface area contributed by atoms with E-state index >= 15 is 0 Å². The summed E-state index contributed by atoms with van der Waals surface area (Å²) in [6.07, 6.45) is 0.867. The van der Waals surface area contributed by atoms with Crippen molar-refractivity contribution in [2.45, 2.75) is 24.6 Å². The lowest BCUT2D eigenvalue weighted by atomic mass is 10.1. The van der Waals surface area contributed by atoms with Crippen LogP contribution in [-0.2, 0) is 9.59 Å². The van der Waals surface area contributed by atoms with E-state index in [1.54, 1.807) is 11.8 Å². The summed E-state index contributed by atoms with van der Waals surface area (Å²) in [7, 11) is 0. The fraction of sp³-hybridized carbons (Fsp3) is 0.778. The van der Waals surface area contributed by atoms with Gasteiger partial charge in [-0.3, -0.25) is 14.5 Å². The van der Waals surface area contributed by atoms with Crippen LogP contribution in [0.3, 0.4) is 0 Å². The Hall–Kier alpha value is -0.750. The largest absolute Gasteiger partial charge is 0.480 e. The van der Waals surface area contributed by atoms with E-state index < -0.39 is 11.9 Å². The van der Waals surface area contributed by atoms with Crippen LogP contribution in [0.4, 0.5) is 0 Å². The van der Waals surface area contributed by atoms with Gasteiger partial charge in [-0.15, -0.1) is 0 Å². The molecular formula is C9H15NO4S. The summed E-state index contributed by atoms with van der Waals surface area (Å²) in [4.78, 5) is 22.8. The third-order valence-corrected chi connectivity index (χ3v) is 3.79. The normalized spacial score (nSPS) is 25.7. The molecule has 15 heavy (non-hydrogen) atoms. The minimum absolute atomic E-state index is 0.0715. The van der Waals surface area contributed by atoms with Crippen molar-refractivity contribution in [1.82, 2.24) is 4.90 Å². The lowest BCUT2D eigenvalue weighted by Crippen LogP contribution is -2.44. The minimum atomic E-state index is -0.972. The summed E-state index contributed by atoms with van der Waals surface area (Å²) in [5.41, 5.74) is 0. The Labute approximate surface area is 92.4 Å². The van der Waals surface area contributed by atoms with Crippen molar-refractivity contribution in [3.05, 3.63) is 0 Å². The van der Waals surface area contributed by atoms with Gasteiger partial charge in [0.1, 0.15) is 0 Å². The molecule has 0 radical (unpaired) electrons. The average molecular weight is 233 g/mol. The van der Waals surface area contributed by atoms with E-state index in [1.807, 2.05) is 6.92 Å². The number of hydrogen-bond donors (Lipinski definition) is 2. The Morgan fingerprint density at radius 3 is 2.20 bits per heavy atom. The number of hydrogen-bond acceptors (Lipinski definition) is 4. The number of carboxylic acid groups (broad SMARTS) is 2. The lowest BCUT2D eigenvalue weighted by molar-refractivity contribution is -0.142. The standard InChI is InChI=1S/C9H15NO4S/c1-6-7(2-3-15-6)10(4-8(11)12)5-9(13)14/h6-7H,2-5H2,1H3,(H,11,12)(H,13,14). The Balaban J connectivity index is 2.61. The molecule has 0 aromatic heterocycles. The van der Waals surface area contributed by atoms with Gasteiger partial charge in [0.15, 0.2) is 0 Å². The zero-order valence-electron chi connectivity index (χ0n) is 8.55. The molecule has 1 aliphatic heterocycles. The first-order valence-electron chi connectivity index (χ1n) is 4.80. The Morgan fingerprint density at radius 1 is 1.33 bits per heavy atom. The molecule has 0 aromatic carbocycles.